The molecule has 0 spiro atoms. The lowest BCUT2D eigenvalue weighted by Crippen LogP contribution is -2.35. The van der Waals surface area contributed by atoms with Crippen LogP contribution in [0.4, 0.5) is 0 Å². The highest BCUT2D eigenvalue weighted by atomic mass is 16.3. The number of phenols is 1. The molecular weight excluding hydrogens is 258 g/mol. The van der Waals surface area contributed by atoms with Gasteiger partial charge in [0.1, 0.15) is 5.75 Å². The van der Waals surface area contributed by atoms with Crippen molar-refractivity contribution in [2.75, 3.05) is 6.54 Å². The maximum atomic E-state index is 9.72. The van der Waals surface area contributed by atoms with Gasteiger partial charge in [-0.25, -0.2) is 0 Å². The van der Waals surface area contributed by atoms with Gasteiger partial charge in [-0.3, -0.25) is 4.90 Å². The first-order valence-corrected chi connectivity index (χ1v) is 7.94. The topological polar surface area (TPSA) is 23.5 Å². The molecule has 2 aromatic carbocycles. The van der Waals surface area contributed by atoms with Crippen LogP contribution in [0.2, 0.25) is 0 Å². The zero-order valence-electron chi connectivity index (χ0n) is 12.3. The summed E-state index contributed by atoms with van der Waals surface area (Å²) in [5.74, 6) is 0.389. The molecule has 0 radical (unpaired) electrons. The van der Waals surface area contributed by atoms with Gasteiger partial charge in [0.25, 0.3) is 0 Å². The third kappa shape index (κ3) is 2.34. The minimum absolute atomic E-state index is 0.389. The summed E-state index contributed by atoms with van der Waals surface area (Å²) < 4.78 is 0. The fourth-order valence-electron chi connectivity index (χ4n) is 3.94. The van der Waals surface area contributed by atoms with Gasteiger partial charge in [0.15, 0.2) is 0 Å². The van der Waals surface area contributed by atoms with Crippen molar-refractivity contribution in [1.82, 2.24) is 4.90 Å². The van der Waals surface area contributed by atoms with E-state index in [0.29, 0.717) is 11.8 Å². The van der Waals surface area contributed by atoms with E-state index in [-0.39, 0.29) is 0 Å². The molecule has 0 amide bonds. The molecule has 4 rings (SSSR count). The summed E-state index contributed by atoms with van der Waals surface area (Å²) in [7, 11) is 0. The number of aromatic hydroxyl groups is 1. The Morgan fingerprint density at radius 3 is 2.81 bits per heavy atom. The third-order valence-corrected chi connectivity index (χ3v) is 5.01. The SMILES string of the molecule is Oc1ccc2c(c1)CN([C@H]1CCCc3ccccc31)CC2. The highest BCUT2D eigenvalue weighted by Crippen LogP contribution is 2.37. The molecule has 21 heavy (non-hydrogen) atoms. The zero-order chi connectivity index (χ0) is 14.2. The number of phenolic OH excluding ortho intramolecular Hbond substituents is 1. The first-order valence-electron chi connectivity index (χ1n) is 7.94. The molecule has 0 fully saturated rings. The molecule has 1 aliphatic heterocycles. The number of hydrogen-bond donors (Lipinski definition) is 1. The predicted molar refractivity (Wildman–Crippen MR) is 84.3 cm³/mol. The molecule has 2 aliphatic rings. The first-order chi connectivity index (χ1) is 10.3. The summed E-state index contributed by atoms with van der Waals surface area (Å²) in [6, 6.07) is 15.3. The number of nitrogens with zero attached hydrogens (tertiary/aromatic N) is 1. The van der Waals surface area contributed by atoms with Crippen molar-refractivity contribution in [2.45, 2.75) is 38.3 Å². The van der Waals surface area contributed by atoms with Gasteiger partial charge in [-0.05, 0) is 60.1 Å². The summed E-state index contributed by atoms with van der Waals surface area (Å²) in [6.07, 6.45) is 4.85. The molecule has 0 saturated carbocycles. The molecule has 0 bridgehead atoms. The number of hydrogen-bond acceptors (Lipinski definition) is 2. The van der Waals surface area contributed by atoms with E-state index in [2.05, 4.69) is 35.2 Å². The Kier molecular flexibility index (Phi) is 3.19. The van der Waals surface area contributed by atoms with Crippen molar-refractivity contribution >= 4 is 0 Å². The summed E-state index contributed by atoms with van der Waals surface area (Å²) in [4.78, 5) is 2.60. The van der Waals surface area contributed by atoms with Gasteiger partial charge in [0.05, 0.1) is 0 Å². The lowest BCUT2D eigenvalue weighted by molar-refractivity contribution is 0.161. The minimum atomic E-state index is 0.389. The van der Waals surface area contributed by atoms with Crippen LogP contribution in [0.5, 0.6) is 5.75 Å². The Labute approximate surface area is 126 Å². The normalized spacial score (nSPS) is 21.6. The fraction of sp³-hybridized carbons (Fsp3) is 0.368. The fourth-order valence-corrected chi connectivity index (χ4v) is 3.94. The minimum Gasteiger partial charge on any atom is -0.508 e. The highest BCUT2D eigenvalue weighted by Gasteiger charge is 2.28. The second-order valence-corrected chi connectivity index (χ2v) is 6.28. The lowest BCUT2D eigenvalue weighted by Gasteiger charge is -2.38. The molecule has 2 aromatic rings. The molecule has 1 N–H and O–H groups in total. The number of fused-ring (bicyclic) bond motifs is 2. The van der Waals surface area contributed by atoms with Gasteiger partial charge in [-0.15, -0.1) is 0 Å². The smallest absolute Gasteiger partial charge is 0.115 e. The standard InChI is InChI=1S/C19H21NO/c21-17-9-8-14-10-11-20(13-16(14)12-17)19-7-3-5-15-4-1-2-6-18(15)19/h1-2,4,6,8-9,12,19,21H,3,5,7,10-11,13H2/t19-/m0/s1. The van der Waals surface area contributed by atoms with Crippen molar-refractivity contribution in [3.63, 3.8) is 0 Å². The summed E-state index contributed by atoms with van der Waals surface area (Å²) in [5.41, 5.74) is 5.74. The van der Waals surface area contributed by atoms with E-state index < -0.39 is 0 Å². The second kappa shape index (κ2) is 5.19. The van der Waals surface area contributed by atoms with Gasteiger partial charge < -0.3 is 5.11 Å². The molecule has 1 atom stereocenters. The van der Waals surface area contributed by atoms with Crippen LogP contribution in [0.1, 0.15) is 41.1 Å². The molecule has 2 nitrogen and oxygen atoms in total. The Bertz CT molecular complexity index is 664. The summed E-state index contributed by atoms with van der Waals surface area (Å²) >= 11 is 0. The number of rotatable bonds is 1. The monoisotopic (exact) mass is 279 g/mol. The third-order valence-electron chi connectivity index (χ3n) is 5.01. The maximum Gasteiger partial charge on any atom is 0.115 e. The molecule has 0 aromatic heterocycles. The van der Waals surface area contributed by atoms with Crippen LogP contribution in [0.25, 0.3) is 0 Å². The molecule has 1 heterocycles. The van der Waals surface area contributed by atoms with Crippen LogP contribution < -0.4 is 0 Å². The number of aryl methyl sites for hydroxylation is 1. The Morgan fingerprint density at radius 2 is 1.86 bits per heavy atom. The largest absolute Gasteiger partial charge is 0.508 e. The summed E-state index contributed by atoms with van der Waals surface area (Å²) in [6.45, 7) is 2.08. The van der Waals surface area contributed by atoms with E-state index in [4.69, 9.17) is 0 Å². The first kappa shape index (κ1) is 12.9. The summed E-state index contributed by atoms with van der Waals surface area (Å²) in [5, 5.41) is 9.72. The zero-order valence-corrected chi connectivity index (χ0v) is 12.3. The molecule has 108 valence electrons. The van der Waals surface area contributed by atoms with E-state index in [1.807, 2.05) is 12.1 Å². The average Bonchev–Trinajstić information content (AvgIpc) is 2.53. The van der Waals surface area contributed by atoms with E-state index in [9.17, 15) is 5.11 Å². The number of benzene rings is 2. The van der Waals surface area contributed by atoms with Gasteiger partial charge in [0.2, 0.25) is 0 Å². The second-order valence-electron chi connectivity index (χ2n) is 6.28. The Balaban J connectivity index is 1.64. The van der Waals surface area contributed by atoms with Gasteiger partial charge in [-0.1, -0.05) is 30.3 Å². The molecule has 2 heteroatoms. The highest BCUT2D eigenvalue weighted by molar-refractivity contribution is 5.37. The Morgan fingerprint density at radius 1 is 0.952 bits per heavy atom. The quantitative estimate of drug-likeness (QED) is 0.857. The van der Waals surface area contributed by atoms with E-state index in [1.54, 1.807) is 0 Å². The van der Waals surface area contributed by atoms with Crippen molar-refractivity contribution in [2.24, 2.45) is 0 Å². The van der Waals surface area contributed by atoms with Gasteiger partial charge >= 0.3 is 0 Å². The van der Waals surface area contributed by atoms with Crippen molar-refractivity contribution < 1.29 is 5.11 Å². The molecule has 0 unspecified atom stereocenters. The molecule has 1 aliphatic carbocycles. The van der Waals surface area contributed by atoms with Gasteiger partial charge in [-0.2, -0.15) is 0 Å². The lowest BCUT2D eigenvalue weighted by atomic mass is 9.85. The van der Waals surface area contributed by atoms with Crippen LogP contribution in [-0.2, 0) is 19.4 Å². The van der Waals surface area contributed by atoms with Crippen LogP contribution in [0, 0.1) is 0 Å². The van der Waals surface area contributed by atoms with Crippen molar-refractivity contribution in [3.05, 3.63) is 64.7 Å². The van der Waals surface area contributed by atoms with E-state index in [1.165, 1.54) is 41.5 Å². The van der Waals surface area contributed by atoms with Crippen LogP contribution in [0.3, 0.4) is 0 Å². The van der Waals surface area contributed by atoms with E-state index in [0.717, 1.165) is 19.5 Å². The molecular formula is C19H21NO. The molecule has 0 saturated heterocycles. The average molecular weight is 279 g/mol. The van der Waals surface area contributed by atoms with Gasteiger partial charge in [0, 0.05) is 19.1 Å². The van der Waals surface area contributed by atoms with Crippen LogP contribution in [-0.4, -0.2) is 16.6 Å². The van der Waals surface area contributed by atoms with Crippen molar-refractivity contribution in [3.8, 4) is 5.75 Å². The maximum absolute atomic E-state index is 9.72. The predicted octanol–water partition coefficient (Wildman–Crippen LogP) is 3.83. The Hall–Kier alpha value is -1.80. The van der Waals surface area contributed by atoms with Crippen LogP contribution in [0.15, 0.2) is 42.5 Å². The van der Waals surface area contributed by atoms with Crippen LogP contribution >= 0.6 is 0 Å². The van der Waals surface area contributed by atoms with E-state index >= 15 is 0 Å². The van der Waals surface area contributed by atoms with Crippen molar-refractivity contribution in [1.29, 1.82) is 0 Å².